The fraction of sp³-hybridized carbons (Fsp3) is 0.909. The third kappa shape index (κ3) is 6.76. The summed E-state index contributed by atoms with van der Waals surface area (Å²) in [7, 11) is 0. The Morgan fingerprint density at radius 1 is 1.23 bits per heavy atom. The van der Waals surface area contributed by atoms with Crippen LogP contribution in [0.1, 0.15) is 41.0 Å². The van der Waals surface area contributed by atoms with Crippen LogP contribution in [0.4, 0.5) is 0 Å². The van der Waals surface area contributed by atoms with Gasteiger partial charge in [-0.05, 0) is 26.7 Å². The summed E-state index contributed by atoms with van der Waals surface area (Å²) in [5.74, 6) is 0.962. The minimum Gasteiger partial charge on any atom is -0.300 e. The molecule has 0 aromatic rings. The second-order valence-corrected chi connectivity index (χ2v) is 4.43. The zero-order valence-corrected chi connectivity index (χ0v) is 9.63. The fourth-order valence-electron chi connectivity index (χ4n) is 1.33. The maximum absolute atomic E-state index is 10.8. The predicted octanol–water partition coefficient (Wildman–Crippen LogP) is 2.33. The lowest BCUT2D eigenvalue weighted by molar-refractivity contribution is -0.117. The predicted molar refractivity (Wildman–Crippen MR) is 56.8 cm³/mol. The van der Waals surface area contributed by atoms with Gasteiger partial charge in [-0.25, -0.2) is 0 Å². The molecule has 78 valence electrons. The van der Waals surface area contributed by atoms with Gasteiger partial charge in [-0.2, -0.15) is 0 Å². The van der Waals surface area contributed by atoms with E-state index in [1.54, 1.807) is 6.92 Å². The average molecular weight is 185 g/mol. The van der Waals surface area contributed by atoms with Crippen molar-refractivity contribution in [3.05, 3.63) is 0 Å². The molecule has 0 aliphatic rings. The molecule has 2 heteroatoms. The molecule has 0 aromatic carbocycles. The molecular weight excluding hydrogens is 162 g/mol. The van der Waals surface area contributed by atoms with Gasteiger partial charge in [0.1, 0.15) is 5.78 Å². The van der Waals surface area contributed by atoms with Crippen LogP contribution in [-0.2, 0) is 4.79 Å². The number of carbonyl (C=O) groups is 1. The van der Waals surface area contributed by atoms with Gasteiger partial charge in [0.15, 0.2) is 0 Å². The zero-order valence-electron chi connectivity index (χ0n) is 9.63. The Hall–Kier alpha value is -0.370. The van der Waals surface area contributed by atoms with Gasteiger partial charge in [0.25, 0.3) is 0 Å². The van der Waals surface area contributed by atoms with Gasteiger partial charge in [-0.15, -0.1) is 0 Å². The van der Waals surface area contributed by atoms with Crippen LogP contribution >= 0.6 is 0 Å². The second kappa shape index (κ2) is 6.14. The molecule has 0 saturated carbocycles. The Morgan fingerprint density at radius 2 is 1.77 bits per heavy atom. The van der Waals surface area contributed by atoms with E-state index >= 15 is 0 Å². The Bertz CT molecular complexity index is 152. The number of rotatable bonds is 6. The zero-order chi connectivity index (χ0) is 10.4. The van der Waals surface area contributed by atoms with Crippen molar-refractivity contribution < 1.29 is 4.79 Å². The maximum atomic E-state index is 10.8. The van der Waals surface area contributed by atoms with Crippen LogP contribution in [0.2, 0.25) is 0 Å². The largest absolute Gasteiger partial charge is 0.300 e. The molecule has 0 atom stereocenters. The van der Waals surface area contributed by atoms with E-state index in [-0.39, 0.29) is 5.78 Å². The fourth-order valence-corrected chi connectivity index (χ4v) is 1.33. The normalized spacial score (nSPS) is 11.7. The number of nitrogens with zero attached hydrogens (tertiary/aromatic N) is 1. The molecule has 0 radical (unpaired) electrons. The molecule has 0 unspecified atom stereocenters. The van der Waals surface area contributed by atoms with Crippen LogP contribution in [0.25, 0.3) is 0 Å². The van der Waals surface area contributed by atoms with E-state index in [0.29, 0.717) is 18.4 Å². The van der Waals surface area contributed by atoms with Gasteiger partial charge < -0.3 is 4.90 Å². The summed E-state index contributed by atoms with van der Waals surface area (Å²) in [6, 6.07) is 0.543. The molecular formula is C11H23NO. The Labute approximate surface area is 82.3 Å². The summed E-state index contributed by atoms with van der Waals surface area (Å²) >= 11 is 0. The molecule has 0 rings (SSSR count). The summed E-state index contributed by atoms with van der Waals surface area (Å²) in [5.41, 5.74) is 0. The molecule has 13 heavy (non-hydrogen) atoms. The first-order valence-electron chi connectivity index (χ1n) is 5.17. The number of carbonyl (C=O) groups excluding carboxylic acids is 1. The lowest BCUT2D eigenvalue weighted by Gasteiger charge is -2.27. The molecule has 0 N–H and O–H groups in total. The van der Waals surface area contributed by atoms with Crippen molar-refractivity contribution in [3.8, 4) is 0 Å². The highest BCUT2D eigenvalue weighted by Crippen LogP contribution is 2.04. The molecule has 0 saturated heterocycles. The third-order valence-corrected chi connectivity index (χ3v) is 2.08. The first-order valence-corrected chi connectivity index (χ1v) is 5.17. The van der Waals surface area contributed by atoms with Crippen molar-refractivity contribution in [2.24, 2.45) is 5.92 Å². The van der Waals surface area contributed by atoms with Crippen LogP contribution in [0, 0.1) is 5.92 Å². The number of Topliss-reactive ketones (excluding diaryl/α,β-unsaturated/α-hetero) is 1. The van der Waals surface area contributed by atoms with Crippen LogP contribution in [0.3, 0.4) is 0 Å². The Morgan fingerprint density at radius 3 is 2.08 bits per heavy atom. The van der Waals surface area contributed by atoms with Crippen LogP contribution in [-0.4, -0.2) is 29.8 Å². The van der Waals surface area contributed by atoms with Crippen LogP contribution in [0.5, 0.6) is 0 Å². The van der Waals surface area contributed by atoms with Crippen molar-refractivity contribution >= 4 is 5.78 Å². The topological polar surface area (TPSA) is 20.3 Å². The average Bonchev–Trinajstić information content (AvgIpc) is 1.96. The highest BCUT2D eigenvalue weighted by molar-refractivity contribution is 5.75. The summed E-state index contributed by atoms with van der Waals surface area (Å²) < 4.78 is 0. The van der Waals surface area contributed by atoms with E-state index in [1.807, 2.05) is 0 Å². The molecule has 0 aliphatic carbocycles. The quantitative estimate of drug-likeness (QED) is 0.633. The third-order valence-electron chi connectivity index (χ3n) is 2.08. The lowest BCUT2D eigenvalue weighted by atomic mass is 10.1. The minimum absolute atomic E-state index is 0.286. The molecule has 0 heterocycles. The van der Waals surface area contributed by atoms with Gasteiger partial charge >= 0.3 is 0 Å². The van der Waals surface area contributed by atoms with E-state index < -0.39 is 0 Å². The van der Waals surface area contributed by atoms with Gasteiger partial charge in [-0.3, -0.25) is 4.79 Å². The van der Waals surface area contributed by atoms with Crippen molar-refractivity contribution in [3.63, 3.8) is 0 Å². The summed E-state index contributed by atoms with van der Waals surface area (Å²) in [4.78, 5) is 13.2. The van der Waals surface area contributed by atoms with Crippen molar-refractivity contribution in [2.75, 3.05) is 13.1 Å². The van der Waals surface area contributed by atoms with Crippen molar-refractivity contribution in [1.82, 2.24) is 4.90 Å². The van der Waals surface area contributed by atoms with E-state index in [4.69, 9.17) is 0 Å². The van der Waals surface area contributed by atoms with Gasteiger partial charge in [0, 0.05) is 25.6 Å². The summed E-state index contributed by atoms with van der Waals surface area (Å²) in [6.45, 7) is 12.4. The molecule has 0 aliphatic heterocycles. The monoisotopic (exact) mass is 185 g/mol. The first kappa shape index (κ1) is 12.6. The smallest absolute Gasteiger partial charge is 0.131 e. The van der Waals surface area contributed by atoms with E-state index in [0.717, 1.165) is 13.1 Å². The molecule has 0 bridgehead atoms. The second-order valence-electron chi connectivity index (χ2n) is 4.43. The maximum Gasteiger partial charge on any atom is 0.131 e. The van der Waals surface area contributed by atoms with Gasteiger partial charge in [0.05, 0.1) is 0 Å². The minimum atomic E-state index is 0.286. The summed E-state index contributed by atoms with van der Waals surface area (Å²) in [5, 5.41) is 0. The molecule has 0 amide bonds. The molecule has 0 fully saturated rings. The Balaban J connectivity index is 3.87. The van der Waals surface area contributed by atoms with E-state index in [1.165, 1.54) is 0 Å². The van der Waals surface area contributed by atoms with Gasteiger partial charge in [-0.1, -0.05) is 13.8 Å². The SMILES string of the molecule is CC(=O)CCN(CC(C)C)C(C)C. The molecule has 0 aromatic heterocycles. The highest BCUT2D eigenvalue weighted by atomic mass is 16.1. The Kier molecular flexibility index (Phi) is 5.97. The summed E-state index contributed by atoms with van der Waals surface area (Å²) in [6.07, 6.45) is 0.685. The standard InChI is InChI=1S/C11H23NO/c1-9(2)8-12(10(3)4)7-6-11(5)13/h9-10H,6-8H2,1-5H3. The van der Waals surface area contributed by atoms with E-state index in [2.05, 4.69) is 32.6 Å². The highest BCUT2D eigenvalue weighted by Gasteiger charge is 2.11. The lowest BCUT2D eigenvalue weighted by Crippen LogP contribution is -2.35. The molecule has 0 spiro atoms. The number of hydrogen-bond donors (Lipinski definition) is 0. The van der Waals surface area contributed by atoms with E-state index in [9.17, 15) is 4.79 Å². The van der Waals surface area contributed by atoms with Crippen molar-refractivity contribution in [2.45, 2.75) is 47.1 Å². The first-order chi connectivity index (χ1) is 5.93. The molecule has 2 nitrogen and oxygen atoms in total. The van der Waals surface area contributed by atoms with Crippen LogP contribution < -0.4 is 0 Å². The van der Waals surface area contributed by atoms with Crippen LogP contribution in [0.15, 0.2) is 0 Å². The number of ketones is 1. The van der Waals surface area contributed by atoms with Crippen molar-refractivity contribution in [1.29, 1.82) is 0 Å². The van der Waals surface area contributed by atoms with Gasteiger partial charge in [0.2, 0.25) is 0 Å². The number of hydrogen-bond acceptors (Lipinski definition) is 2.